The van der Waals surface area contributed by atoms with E-state index in [9.17, 15) is 4.79 Å². The lowest BCUT2D eigenvalue weighted by molar-refractivity contribution is -0.113. The molecule has 0 unspecified atom stereocenters. The molecule has 0 saturated heterocycles. The molecule has 0 fully saturated rings. The molecular formula is C21H22ClN3OS. The number of carbonyl (C=O) groups excluding carboxylic acids is 1. The van der Waals surface area contributed by atoms with Crippen molar-refractivity contribution in [2.75, 3.05) is 11.1 Å². The van der Waals surface area contributed by atoms with Gasteiger partial charge in [-0.15, -0.1) is 11.8 Å². The van der Waals surface area contributed by atoms with E-state index in [-0.39, 0.29) is 5.91 Å². The van der Waals surface area contributed by atoms with Gasteiger partial charge in [-0.05, 0) is 42.0 Å². The van der Waals surface area contributed by atoms with Crippen molar-refractivity contribution < 1.29 is 4.79 Å². The third kappa shape index (κ3) is 5.62. The molecule has 0 radical (unpaired) electrons. The van der Waals surface area contributed by atoms with Crippen molar-refractivity contribution in [3.63, 3.8) is 0 Å². The molecule has 2 aromatic carbocycles. The van der Waals surface area contributed by atoms with Crippen molar-refractivity contribution in [2.24, 2.45) is 0 Å². The van der Waals surface area contributed by atoms with Gasteiger partial charge < -0.3 is 9.88 Å². The zero-order valence-electron chi connectivity index (χ0n) is 15.4. The zero-order valence-corrected chi connectivity index (χ0v) is 16.9. The third-order valence-electron chi connectivity index (χ3n) is 4.01. The van der Waals surface area contributed by atoms with Crippen LogP contribution in [0.5, 0.6) is 0 Å². The lowest BCUT2D eigenvalue weighted by Crippen LogP contribution is -2.14. The Bertz CT molecular complexity index is 906. The number of thioether (sulfide) groups is 1. The van der Waals surface area contributed by atoms with Crippen LogP contribution in [0.15, 0.2) is 65.8 Å². The maximum absolute atomic E-state index is 12.3. The summed E-state index contributed by atoms with van der Waals surface area (Å²) in [6.45, 7) is 5.00. The molecule has 140 valence electrons. The van der Waals surface area contributed by atoms with Gasteiger partial charge in [-0.1, -0.05) is 37.6 Å². The average Bonchev–Trinajstić information content (AvgIpc) is 3.10. The van der Waals surface area contributed by atoms with Crippen LogP contribution in [-0.2, 0) is 11.3 Å². The monoisotopic (exact) mass is 399 g/mol. The first kappa shape index (κ1) is 19.5. The average molecular weight is 400 g/mol. The Labute approximate surface area is 169 Å². The Balaban J connectivity index is 1.59. The standard InChI is InChI=1S/C21H22ClN3OS/c1-15(2)21-23-10-11-25(21)13-16-4-3-5-18(12-16)24-20(26)14-27-19-8-6-17(22)7-9-19/h3-12,15H,13-14H2,1-2H3,(H,24,26). The number of benzene rings is 2. The van der Waals surface area contributed by atoms with Gasteiger partial charge in [-0.2, -0.15) is 0 Å². The van der Waals surface area contributed by atoms with E-state index in [0.29, 0.717) is 16.7 Å². The van der Waals surface area contributed by atoms with Gasteiger partial charge in [-0.25, -0.2) is 4.98 Å². The van der Waals surface area contributed by atoms with E-state index in [4.69, 9.17) is 11.6 Å². The van der Waals surface area contributed by atoms with Gasteiger partial charge in [0.2, 0.25) is 5.91 Å². The van der Waals surface area contributed by atoms with E-state index >= 15 is 0 Å². The number of rotatable bonds is 7. The minimum Gasteiger partial charge on any atom is -0.330 e. The Morgan fingerprint density at radius 1 is 1.22 bits per heavy atom. The van der Waals surface area contributed by atoms with E-state index in [1.807, 2.05) is 54.9 Å². The highest BCUT2D eigenvalue weighted by Gasteiger charge is 2.09. The van der Waals surface area contributed by atoms with E-state index in [0.717, 1.165) is 28.5 Å². The fourth-order valence-corrected chi connectivity index (χ4v) is 3.60. The number of aromatic nitrogens is 2. The highest BCUT2D eigenvalue weighted by molar-refractivity contribution is 8.00. The van der Waals surface area contributed by atoms with Crippen molar-refractivity contribution in [3.8, 4) is 0 Å². The van der Waals surface area contributed by atoms with E-state index in [2.05, 4.69) is 34.8 Å². The van der Waals surface area contributed by atoms with Gasteiger partial charge in [0.1, 0.15) is 5.82 Å². The maximum atomic E-state index is 12.3. The first-order valence-corrected chi connectivity index (χ1v) is 10.2. The van der Waals surface area contributed by atoms with Crippen LogP contribution in [0.2, 0.25) is 5.02 Å². The topological polar surface area (TPSA) is 46.9 Å². The number of imidazole rings is 1. The summed E-state index contributed by atoms with van der Waals surface area (Å²) in [6, 6.07) is 15.4. The maximum Gasteiger partial charge on any atom is 0.234 e. The van der Waals surface area contributed by atoms with Gasteiger partial charge in [-0.3, -0.25) is 4.79 Å². The van der Waals surface area contributed by atoms with E-state index < -0.39 is 0 Å². The summed E-state index contributed by atoms with van der Waals surface area (Å²) in [5.74, 6) is 1.75. The Morgan fingerprint density at radius 2 is 2.00 bits per heavy atom. The molecule has 0 atom stereocenters. The number of carbonyl (C=O) groups is 1. The summed E-state index contributed by atoms with van der Waals surface area (Å²) in [5.41, 5.74) is 1.93. The van der Waals surface area contributed by atoms with E-state index in [1.54, 1.807) is 0 Å². The highest BCUT2D eigenvalue weighted by Crippen LogP contribution is 2.21. The van der Waals surface area contributed by atoms with Crippen molar-refractivity contribution >= 4 is 35.0 Å². The SMILES string of the molecule is CC(C)c1nccn1Cc1cccc(NC(=O)CSc2ccc(Cl)cc2)c1. The van der Waals surface area contributed by atoms with Crippen LogP contribution in [0.25, 0.3) is 0 Å². The van der Waals surface area contributed by atoms with Crippen LogP contribution in [0.1, 0.15) is 31.2 Å². The van der Waals surface area contributed by atoms with Crippen molar-refractivity contribution in [1.82, 2.24) is 9.55 Å². The van der Waals surface area contributed by atoms with Gasteiger partial charge in [0.15, 0.2) is 0 Å². The second-order valence-corrected chi connectivity index (χ2v) is 8.04. The molecule has 1 heterocycles. The second-order valence-electron chi connectivity index (χ2n) is 6.56. The number of hydrogen-bond acceptors (Lipinski definition) is 3. The summed E-state index contributed by atoms with van der Waals surface area (Å²) in [6.07, 6.45) is 3.82. The van der Waals surface area contributed by atoms with Crippen LogP contribution in [0.3, 0.4) is 0 Å². The number of anilines is 1. The lowest BCUT2D eigenvalue weighted by atomic mass is 10.1. The fraction of sp³-hybridized carbons (Fsp3) is 0.238. The molecule has 4 nitrogen and oxygen atoms in total. The molecule has 3 rings (SSSR count). The van der Waals surface area contributed by atoms with Gasteiger partial charge in [0.25, 0.3) is 0 Å². The molecule has 1 N–H and O–H groups in total. The molecule has 0 aliphatic heterocycles. The summed E-state index contributed by atoms with van der Waals surface area (Å²) in [7, 11) is 0. The number of nitrogens with one attached hydrogen (secondary N) is 1. The second kappa shape index (κ2) is 9.11. The quantitative estimate of drug-likeness (QED) is 0.538. The minimum absolute atomic E-state index is 0.0300. The molecule has 0 spiro atoms. The minimum atomic E-state index is -0.0300. The third-order valence-corrected chi connectivity index (χ3v) is 5.28. The Kier molecular flexibility index (Phi) is 6.58. The predicted octanol–water partition coefficient (Wildman–Crippen LogP) is 5.44. The normalized spacial score (nSPS) is 11.0. The predicted molar refractivity (Wildman–Crippen MR) is 113 cm³/mol. The molecule has 27 heavy (non-hydrogen) atoms. The smallest absolute Gasteiger partial charge is 0.234 e. The van der Waals surface area contributed by atoms with Crippen LogP contribution in [-0.4, -0.2) is 21.2 Å². The largest absolute Gasteiger partial charge is 0.330 e. The molecule has 0 saturated carbocycles. The zero-order chi connectivity index (χ0) is 19.2. The van der Waals surface area contributed by atoms with Crippen molar-refractivity contribution in [1.29, 1.82) is 0 Å². The molecular weight excluding hydrogens is 378 g/mol. The molecule has 3 aromatic rings. The first-order chi connectivity index (χ1) is 13.0. The first-order valence-electron chi connectivity index (χ1n) is 8.79. The van der Waals surface area contributed by atoms with Crippen LogP contribution < -0.4 is 5.32 Å². The van der Waals surface area contributed by atoms with Crippen LogP contribution in [0, 0.1) is 0 Å². The van der Waals surface area contributed by atoms with Gasteiger partial charge >= 0.3 is 0 Å². The number of halogens is 1. The molecule has 6 heteroatoms. The van der Waals surface area contributed by atoms with Crippen LogP contribution in [0.4, 0.5) is 5.69 Å². The van der Waals surface area contributed by atoms with Crippen molar-refractivity contribution in [2.45, 2.75) is 31.2 Å². The summed E-state index contributed by atoms with van der Waals surface area (Å²) >= 11 is 7.37. The van der Waals surface area contributed by atoms with E-state index in [1.165, 1.54) is 11.8 Å². The van der Waals surface area contributed by atoms with Crippen molar-refractivity contribution in [3.05, 3.63) is 77.3 Å². The highest BCUT2D eigenvalue weighted by atomic mass is 35.5. The molecule has 0 aliphatic carbocycles. The van der Waals surface area contributed by atoms with Crippen LogP contribution >= 0.6 is 23.4 Å². The molecule has 1 aromatic heterocycles. The molecule has 1 amide bonds. The summed E-state index contributed by atoms with van der Waals surface area (Å²) in [5, 5.41) is 3.66. The number of nitrogens with zero attached hydrogens (tertiary/aromatic N) is 2. The Morgan fingerprint density at radius 3 is 2.74 bits per heavy atom. The molecule has 0 aliphatic rings. The number of hydrogen-bond donors (Lipinski definition) is 1. The summed E-state index contributed by atoms with van der Waals surface area (Å²) < 4.78 is 2.14. The molecule has 0 bridgehead atoms. The number of amides is 1. The fourth-order valence-electron chi connectivity index (χ4n) is 2.78. The lowest BCUT2D eigenvalue weighted by Gasteiger charge is -2.12. The Hall–Kier alpha value is -2.24. The summed E-state index contributed by atoms with van der Waals surface area (Å²) in [4.78, 5) is 17.7. The van der Waals surface area contributed by atoms with Gasteiger partial charge in [0.05, 0.1) is 5.75 Å². The van der Waals surface area contributed by atoms with Gasteiger partial charge in [0, 0.05) is 40.5 Å².